The molecule has 3 rings (SSSR count). The zero-order valence-corrected chi connectivity index (χ0v) is 12.8. The van der Waals surface area contributed by atoms with Crippen LogP contribution in [0, 0.1) is 11.6 Å². The second-order valence-electron chi connectivity index (χ2n) is 5.42. The third kappa shape index (κ3) is 3.84. The molecule has 3 aromatic rings. The Morgan fingerprint density at radius 1 is 0.792 bits per heavy atom. The number of hydrogen-bond donors (Lipinski definition) is 1. The van der Waals surface area contributed by atoms with Gasteiger partial charge in [0.2, 0.25) is 5.91 Å². The molecule has 1 N–H and O–H groups in total. The van der Waals surface area contributed by atoms with Gasteiger partial charge in [0.15, 0.2) is 11.6 Å². The van der Waals surface area contributed by atoms with Crippen LogP contribution in [0.15, 0.2) is 72.8 Å². The van der Waals surface area contributed by atoms with Crippen LogP contribution in [0.5, 0.6) is 0 Å². The van der Waals surface area contributed by atoms with Gasteiger partial charge in [0.25, 0.3) is 0 Å². The summed E-state index contributed by atoms with van der Waals surface area (Å²) in [6.45, 7) is 0. The van der Waals surface area contributed by atoms with Crippen LogP contribution in [0.2, 0.25) is 0 Å². The number of amides is 1. The first-order valence-corrected chi connectivity index (χ1v) is 7.51. The quantitative estimate of drug-likeness (QED) is 0.733. The van der Waals surface area contributed by atoms with Crippen molar-refractivity contribution in [1.29, 1.82) is 0 Å². The van der Waals surface area contributed by atoms with Crippen LogP contribution in [0.4, 0.5) is 14.5 Å². The highest BCUT2D eigenvalue weighted by Gasteiger charge is 2.07. The molecule has 0 spiro atoms. The lowest BCUT2D eigenvalue weighted by Gasteiger charge is -2.07. The fraction of sp³-hybridized carbons (Fsp3) is 0.0500. The van der Waals surface area contributed by atoms with E-state index in [4.69, 9.17) is 0 Å². The van der Waals surface area contributed by atoms with Crippen LogP contribution in [-0.2, 0) is 11.2 Å². The SMILES string of the molecule is O=C(Cc1ccc(-c2ccccc2)cc1)Nc1ccc(F)c(F)c1. The topological polar surface area (TPSA) is 29.1 Å². The summed E-state index contributed by atoms with van der Waals surface area (Å²) in [5.74, 6) is -2.21. The molecular weight excluding hydrogens is 308 g/mol. The Labute approximate surface area is 138 Å². The number of carbonyl (C=O) groups is 1. The first-order chi connectivity index (χ1) is 11.6. The van der Waals surface area contributed by atoms with Gasteiger partial charge < -0.3 is 5.32 Å². The second kappa shape index (κ2) is 7.04. The molecule has 0 aliphatic carbocycles. The van der Waals surface area contributed by atoms with Gasteiger partial charge in [-0.05, 0) is 28.8 Å². The van der Waals surface area contributed by atoms with Crippen LogP contribution in [0.3, 0.4) is 0 Å². The van der Waals surface area contributed by atoms with E-state index >= 15 is 0 Å². The summed E-state index contributed by atoms with van der Waals surface area (Å²) in [6, 6.07) is 20.9. The lowest BCUT2D eigenvalue weighted by Crippen LogP contribution is -2.14. The monoisotopic (exact) mass is 323 g/mol. The molecule has 0 unspecified atom stereocenters. The standard InChI is InChI=1S/C20H15F2NO/c21-18-11-10-17(13-19(18)22)23-20(24)12-14-6-8-16(9-7-14)15-4-2-1-3-5-15/h1-11,13H,12H2,(H,23,24). The Balaban J connectivity index is 1.65. The van der Waals surface area contributed by atoms with Crippen molar-refractivity contribution in [3.8, 4) is 11.1 Å². The minimum atomic E-state index is -0.986. The van der Waals surface area contributed by atoms with Crippen molar-refractivity contribution in [2.45, 2.75) is 6.42 Å². The third-order valence-corrected chi connectivity index (χ3v) is 3.63. The third-order valence-electron chi connectivity index (χ3n) is 3.63. The van der Waals surface area contributed by atoms with E-state index in [1.54, 1.807) is 0 Å². The van der Waals surface area contributed by atoms with Crippen molar-refractivity contribution in [2.24, 2.45) is 0 Å². The Morgan fingerprint density at radius 2 is 1.46 bits per heavy atom. The van der Waals surface area contributed by atoms with E-state index < -0.39 is 11.6 Å². The molecule has 0 atom stereocenters. The molecule has 0 saturated carbocycles. The van der Waals surface area contributed by atoms with E-state index in [0.717, 1.165) is 28.8 Å². The minimum Gasteiger partial charge on any atom is -0.326 e. The maximum absolute atomic E-state index is 13.1. The molecule has 0 saturated heterocycles. The largest absolute Gasteiger partial charge is 0.326 e. The van der Waals surface area contributed by atoms with Crippen molar-refractivity contribution >= 4 is 11.6 Å². The molecule has 24 heavy (non-hydrogen) atoms. The lowest BCUT2D eigenvalue weighted by molar-refractivity contribution is -0.115. The van der Waals surface area contributed by atoms with E-state index in [9.17, 15) is 13.6 Å². The number of carbonyl (C=O) groups excluding carboxylic acids is 1. The number of benzene rings is 3. The second-order valence-corrected chi connectivity index (χ2v) is 5.42. The van der Waals surface area contributed by atoms with E-state index in [1.807, 2.05) is 54.6 Å². The normalized spacial score (nSPS) is 10.4. The lowest BCUT2D eigenvalue weighted by atomic mass is 10.0. The van der Waals surface area contributed by atoms with Crippen molar-refractivity contribution in [3.05, 3.63) is 90.0 Å². The molecule has 3 aromatic carbocycles. The molecule has 0 radical (unpaired) electrons. The molecule has 0 aliphatic heterocycles. The Bertz CT molecular complexity index is 845. The van der Waals surface area contributed by atoms with Crippen molar-refractivity contribution in [3.63, 3.8) is 0 Å². The van der Waals surface area contributed by atoms with E-state index in [0.29, 0.717) is 0 Å². The number of hydrogen-bond acceptors (Lipinski definition) is 1. The van der Waals surface area contributed by atoms with E-state index in [1.165, 1.54) is 6.07 Å². The van der Waals surface area contributed by atoms with Gasteiger partial charge in [0.05, 0.1) is 6.42 Å². The molecular formula is C20H15F2NO. The van der Waals surface area contributed by atoms with Gasteiger partial charge >= 0.3 is 0 Å². The predicted molar refractivity (Wildman–Crippen MR) is 90.6 cm³/mol. The number of rotatable bonds is 4. The Hall–Kier alpha value is -3.01. The molecule has 120 valence electrons. The van der Waals surface area contributed by atoms with E-state index in [2.05, 4.69) is 5.32 Å². The summed E-state index contributed by atoms with van der Waals surface area (Å²) < 4.78 is 26.0. The Kier molecular flexibility index (Phi) is 4.66. The average molecular weight is 323 g/mol. The maximum Gasteiger partial charge on any atom is 0.228 e. The minimum absolute atomic E-state index is 0.161. The summed E-state index contributed by atoms with van der Waals surface area (Å²) in [4.78, 5) is 12.0. The van der Waals surface area contributed by atoms with Gasteiger partial charge in [-0.3, -0.25) is 4.79 Å². The zero-order valence-electron chi connectivity index (χ0n) is 12.8. The van der Waals surface area contributed by atoms with Crippen LogP contribution >= 0.6 is 0 Å². The van der Waals surface area contributed by atoms with Gasteiger partial charge in [-0.2, -0.15) is 0 Å². The van der Waals surface area contributed by atoms with Gasteiger partial charge in [-0.15, -0.1) is 0 Å². The number of nitrogens with one attached hydrogen (secondary N) is 1. The number of halogens is 2. The highest BCUT2D eigenvalue weighted by molar-refractivity contribution is 5.92. The van der Waals surface area contributed by atoms with Gasteiger partial charge in [0.1, 0.15) is 0 Å². The fourth-order valence-corrected chi connectivity index (χ4v) is 2.41. The summed E-state index contributed by atoms with van der Waals surface area (Å²) in [5, 5.41) is 2.56. The Morgan fingerprint density at radius 3 is 2.12 bits per heavy atom. The highest BCUT2D eigenvalue weighted by atomic mass is 19.2. The number of anilines is 1. The molecule has 0 heterocycles. The molecule has 0 fully saturated rings. The summed E-state index contributed by atoms with van der Waals surface area (Å²) in [6.07, 6.45) is 0.161. The first-order valence-electron chi connectivity index (χ1n) is 7.51. The first kappa shape index (κ1) is 15.9. The molecule has 0 aliphatic rings. The van der Waals surface area contributed by atoms with Gasteiger partial charge in [-0.25, -0.2) is 8.78 Å². The van der Waals surface area contributed by atoms with Crippen molar-refractivity contribution < 1.29 is 13.6 Å². The van der Waals surface area contributed by atoms with Crippen LogP contribution in [0.25, 0.3) is 11.1 Å². The van der Waals surface area contributed by atoms with Crippen LogP contribution < -0.4 is 5.32 Å². The maximum atomic E-state index is 13.1. The van der Waals surface area contributed by atoms with Crippen molar-refractivity contribution in [1.82, 2.24) is 0 Å². The summed E-state index contributed by atoms with van der Waals surface area (Å²) in [5.41, 5.74) is 3.25. The molecule has 4 heteroatoms. The van der Waals surface area contributed by atoms with Crippen LogP contribution in [-0.4, -0.2) is 5.91 Å². The average Bonchev–Trinajstić information content (AvgIpc) is 2.59. The van der Waals surface area contributed by atoms with Gasteiger partial charge in [0, 0.05) is 11.8 Å². The molecule has 1 amide bonds. The molecule has 0 aromatic heterocycles. The summed E-state index contributed by atoms with van der Waals surface area (Å²) in [7, 11) is 0. The molecule has 2 nitrogen and oxygen atoms in total. The van der Waals surface area contributed by atoms with E-state index in [-0.39, 0.29) is 18.0 Å². The van der Waals surface area contributed by atoms with Crippen molar-refractivity contribution in [2.75, 3.05) is 5.32 Å². The smallest absolute Gasteiger partial charge is 0.228 e. The summed E-state index contributed by atoms with van der Waals surface area (Å²) >= 11 is 0. The predicted octanol–water partition coefficient (Wildman–Crippen LogP) is 4.81. The molecule has 0 bridgehead atoms. The van der Waals surface area contributed by atoms with Gasteiger partial charge in [-0.1, -0.05) is 54.6 Å². The van der Waals surface area contributed by atoms with Crippen LogP contribution in [0.1, 0.15) is 5.56 Å². The zero-order chi connectivity index (χ0) is 16.9. The fourth-order valence-electron chi connectivity index (χ4n) is 2.41. The highest BCUT2D eigenvalue weighted by Crippen LogP contribution is 2.20.